The van der Waals surface area contributed by atoms with Crippen LogP contribution < -0.4 is 0 Å². The van der Waals surface area contributed by atoms with Crippen LogP contribution in [-0.2, 0) is 11.2 Å². The summed E-state index contributed by atoms with van der Waals surface area (Å²) in [6.45, 7) is 10.6. The zero-order valence-electron chi connectivity index (χ0n) is 23.0. The summed E-state index contributed by atoms with van der Waals surface area (Å²) in [7, 11) is 0. The molecule has 3 heteroatoms. The van der Waals surface area contributed by atoms with E-state index in [2.05, 4.69) is 114 Å². The van der Waals surface area contributed by atoms with Gasteiger partial charge in [-0.2, -0.15) is 0 Å². The van der Waals surface area contributed by atoms with Crippen LogP contribution in [0, 0.1) is 11.8 Å². The third-order valence-electron chi connectivity index (χ3n) is 9.37. The Labute approximate surface area is 236 Å². The number of pyridine rings is 1. The lowest BCUT2D eigenvalue weighted by atomic mass is 9.73. The molecule has 5 aromatic rings. The van der Waals surface area contributed by atoms with Crippen LogP contribution in [0.2, 0.25) is 0 Å². The minimum absolute atomic E-state index is 0.0781. The summed E-state index contributed by atoms with van der Waals surface area (Å²) in [5.74, 6) is 1.23. The van der Waals surface area contributed by atoms with Gasteiger partial charge in [0.15, 0.2) is 0 Å². The number of para-hydroxylation sites is 1. The Kier molecular flexibility index (Phi) is 6.71. The van der Waals surface area contributed by atoms with Crippen LogP contribution in [0.1, 0.15) is 30.1 Å². The maximum Gasteiger partial charge on any atom is 0.0995 e. The van der Waals surface area contributed by atoms with Crippen LogP contribution in [0.3, 0.4) is 0 Å². The molecule has 0 amide bonds. The van der Waals surface area contributed by atoms with E-state index in [9.17, 15) is 0 Å². The first-order valence-corrected chi connectivity index (χ1v) is 14.6. The van der Waals surface area contributed by atoms with E-state index in [0.29, 0.717) is 17.9 Å². The normalized spacial score (nSPS) is 23.8. The van der Waals surface area contributed by atoms with E-state index in [4.69, 9.17) is 4.74 Å². The standard InChI is InChI=1S/C37H36N2O/c1-3-25-24-39-20-18-26(25)22-36(39)37(33-17-19-38-35-16-10-9-15-32(33)35)40-29(4-2)23-34-30-13-7-5-11-27(30)21-28-12-6-8-14-31(28)34/h3-17,19,21,25-26,29,36-37H,1-2,18,20,22-24H2/t25-,26+,29+,36-,37+/m0/s1. The molecule has 6 atom stereocenters. The van der Waals surface area contributed by atoms with Crippen LogP contribution >= 0.6 is 0 Å². The van der Waals surface area contributed by atoms with E-state index in [-0.39, 0.29) is 12.2 Å². The summed E-state index contributed by atoms with van der Waals surface area (Å²) < 4.78 is 7.24. The molecule has 0 radical (unpaired) electrons. The molecule has 3 aliphatic rings. The monoisotopic (exact) mass is 524 g/mol. The van der Waals surface area contributed by atoms with Gasteiger partial charge in [-0.25, -0.2) is 0 Å². The average molecular weight is 525 g/mol. The first-order chi connectivity index (χ1) is 19.7. The van der Waals surface area contributed by atoms with Crippen molar-refractivity contribution in [3.8, 4) is 0 Å². The Morgan fingerprint density at radius 1 is 0.900 bits per heavy atom. The van der Waals surface area contributed by atoms with Crippen molar-refractivity contribution >= 4 is 32.4 Å². The summed E-state index contributed by atoms with van der Waals surface area (Å²) in [6, 6.07) is 30.7. The van der Waals surface area contributed by atoms with E-state index in [1.54, 1.807) is 0 Å². The van der Waals surface area contributed by atoms with E-state index < -0.39 is 0 Å². The van der Waals surface area contributed by atoms with Gasteiger partial charge in [-0.1, -0.05) is 78.9 Å². The van der Waals surface area contributed by atoms with Crippen LogP contribution in [0.4, 0.5) is 0 Å². The highest BCUT2D eigenvalue weighted by Gasteiger charge is 2.43. The largest absolute Gasteiger partial charge is 0.364 e. The molecule has 2 bridgehead atoms. The van der Waals surface area contributed by atoms with Gasteiger partial charge < -0.3 is 4.74 Å². The molecule has 200 valence electrons. The van der Waals surface area contributed by atoms with Crippen molar-refractivity contribution in [2.45, 2.75) is 37.5 Å². The Morgan fingerprint density at radius 2 is 1.60 bits per heavy atom. The number of piperidine rings is 3. The molecule has 1 aromatic heterocycles. The van der Waals surface area contributed by atoms with Crippen LogP contribution in [-0.4, -0.2) is 35.1 Å². The number of nitrogens with zero attached hydrogens (tertiary/aromatic N) is 2. The fraction of sp³-hybridized carbons (Fsp3) is 0.270. The Hall–Kier alpha value is -3.79. The van der Waals surface area contributed by atoms with E-state index in [0.717, 1.165) is 31.4 Å². The van der Waals surface area contributed by atoms with Gasteiger partial charge in [0.1, 0.15) is 0 Å². The smallest absolute Gasteiger partial charge is 0.0995 e. The Morgan fingerprint density at radius 3 is 2.27 bits per heavy atom. The van der Waals surface area contributed by atoms with Crippen molar-refractivity contribution < 1.29 is 4.74 Å². The number of benzene rings is 4. The lowest BCUT2D eigenvalue weighted by Gasteiger charge is -2.51. The molecular weight excluding hydrogens is 488 g/mol. The number of fused-ring (bicyclic) bond motifs is 6. The SMILES string of the molecule is C=C[C@H](Cc1c2ccccc2cc2ccccc12)O[C@H](c1ccnc2ccccc12)[C@@H]1C[C@H]2CCN1C[C@@H]2C=C. The fourth-order valence-electron chi connectivity index (χ4n) is 7.33. The van der Waals surface area contributed by atoms with E-state index in [1.807, 2.05) is 12.3 Å². The van der Waals surface area contributed by atoms with Crippen LogP contribution in [0.5, 0.6) is 0 Å². The highest BCUT2D eigenvalue weighted by atomic mass is 16.5. The van der Waals surface area contributed by atoms with Gasteiger partial charge in [-0.3, -0.25) is 9.88 Å². The molecule has 0 saturated carbocycles. The van der Waals surface area contributed by atoms with Gasteiger partial charge in [-0.05, 0) is 82.1 Å². The lowest BCUT2D eigenvalue weighted by Crippen LogP contribution is -2.55. The molecule has 3 nitrogen and oxygen atoms in total. The predicted molar refractivity (Wildman–Crippen MR) is 166 cm³/mol. The van der Waals surface area contributed by atoms with Crippen LogP contribution in [0.25, 0.3) is 32.4 Å². The van der Waals surface area contributed by atoms with E-state index >= 15 is 0 Å². The molecule has 1 unspecified atom stereocenters. The lowest BCUT2D eigenvalue weighted by molar-refractivity contribution is -0.0899. The van der Waals surface area contributed by atoms with Crippen LogP contribution in [0.15, 0.2) is 116 Å². The predicted octanol–water partition coefficient (Wildman–Crippen LogP) is 8.29. The fourth-order valence-corrected chi connectivity index (χ4v) is 7.33. The first-order valence-electron chi connectivity index (χ1n) is 14.6. The number of aromatic nitrogens is 1. The topological polar surface area (TPSA) is 25.4 Å². The first kappa shape index (κ1) is 25.2. The van der Waals surface area contributed by atoms with Gasteiger partial charge in [0.25, 0.3) is 0 Å². The summed E-state index contributed by atoms with van der Waals surface area (Å²) in [5, 5.41) is 6.29. The zero-order chi connectivity index (χ0) is 27.1. The minimum atomic E-state index is -0.136. The summed E-state index contributed by atoms with van der Waals surface area (Å²) >= 11 is 0. The molecule has 40 heavy (non-hydrogen) atoms. The number of hydrogen-bond donors (Lipinski definition) is 0. The molecule has 0 spiro atoms. The zero-order valence-corrected chi connectivity index (χ0v) is 23.0. The van der Waals surface area contributed by atoms with Crippen molar-refractivity contribution in [3.63, 3.8) is 0 Å². The number of ether oxygens (including phenoxy) is 1. The summed E-state index contributed by atoms with van der Waals surface area (Å²) in [5.41, 5.74) is 3.57. The van der Waals surface area contributed by atoms with Gasteiger partial charge in [0, 0.05) is 30.6 Å². The van der Waals surface area contributed by atoms with E-state index in [1.165, 1.54) is 44.5 Å². The van der Waals surface area contributed by atoms with Crippen molar-refractivity contribution in [1.29, 1.82) is 0 Å². The summed E-state index contributed by atoms with van der Waals surface area (Å²) in [6.07, 6.45) is 9.05. The Balaban J connectivity index is 1.30. The molecule has 4 heterocycles. The minimum Gasteiger partial charge on any atom is -0.364 e. The molecule has 0 N–H and O–H groups in total. The van der Waals surface area contributed by atoms with Gasteiger partial charge >= 0.3 is 0 Å². The second kappa shape index (κ2) is 10.6. The number of rotatable bonds is 8. The van der Waals surface area contributed by atoms with Gasteiger partial charge in [0.2, 0.25) is 0 Å². The highest BCUT2D eigenvalue weighted by molar-refractivity contribution is 6.02. The second-order valence-electron chi connectivity index (χ2n) is 11.5. The van der Waals surface area contributed by atoms with Gasteiger partial charge in [-0.15, -0.1) is 13.2 Å². The molecule has 3 fully saturated rings. The third-order valence-corrected chi connectivity index (χ3v) is 9.37. The maximum absolute atomic E-state index is 7.24. The molecule has 8 rings (SSSR count). The molecular formula is C37H36N2O. The Bertz CT molecular complexity index is 1650. The molecule has 0 aliphatic carbocycles. The van der Waals surface area contributed by atoms with Crippen molar-refractivity contribution in [1.82, 2.24) is 9.88 Å². The summed E-state index contributed by atoms with van der Waals surface area (Å²) in [4.78, 5) is 7.33. The molecule has 3 saturated heterocycles. The van der Waals surface area contributed by atoms with Crippen molar-refractivity contribution in [3.05, 3.63) is 128 Å². The average Bonchev–Trinajstić information content (AvgIpc) is 3.02. The van der Waals surface area contributed by atoms with Gasteiger partial charge in [0.05, 0.1) is 17.7 Å². The molecule has 4 aromatic carbocycles. The highest BCUT2D eigenvalue weighted by Crippen LogP contribution is 2.44. The van der Waals surface area contributed by atoms with Crippen molar-refractivity contribution in [2.75, 3.05) is 13.1 Å². The second-order valence-corrected chi connectivity index (χ2v) is 11.5. The molecule has 3 aliphatic heterocycles. The maximum atomic E-state index is 7.24. The van der Waals surface area contributed by atoms with Crippen molar-refractivity contribution in [2.24, 2.45) is 11.8 Å². The number of hydrogen-bond acceptors (Lipinski definition) is 3. The quantitative estimate of drug-likeness (QED) is 0.151. The third kappa shape index (κ3) is 4.44.